The first kappa shape index (κ1) is 8.74. The lowest BCUT2D eigenvalue weighted by Gasteiger charge is -2.05. The number of phenols is 1. The predicted octanol–water partition coefficient (Wildman–Crippen LogP) is 2.41. The monoisotopic (exact) mass is 195 g/mol. The third-order valence-corrected chi connectivity index (χ3v) is 2.09. The van der Waals surface area contributed by atoms with E-state index in [9.17, 15) is 13.9 Å². The minimum absolute atomic E-state index is 0.176. The fourth-order valence-corrected chi connectivity index (χ4v) is 1.38. The number of nitrogens with two attached hydrogens (primary N) is 1. The summed E-state index contributed by atoms with van der Waals surface area (Å²) in [6.07, 6.45) is 0. The summed E-state index contributed by atoms with van der Waals surface area (Å²) in [6.45, 7) is 0. The summed E-state index contributed by atoms with van der Waals surface area (Å²) in [5.74, 6) is -2.25. The van der Waals surface area contributed by atoms with Gasteiger partial charge in [0, 0.05) is 11.1 Å². The van der Waals surface area contributed by atoms with E-state index in [-0.39, 0.29) is 5.39 Å². The van der Waals surface area contributed by atoms with E-state index < -0.39 is 17.4 Å². The molecule has 4 heteroatoms. The fourth-order valence-electron chi connectivity index (χ4n) is 1.38. The van der Waals surface area contributed by atoms with Gasteiger partial charge in [0.1, 0.15) is 5.82 Å². The van der Waals surface area contributed by atoms with E-state index in [1.54, 1.807) is 0 Å². The maximum absolute atomic E-state index is 13.2. The number of halogens is 2. The second-order valence-electron chi connectivity index (χ2n) is 2.96. The molecular weight excluding hydrogens is 188 g/mol. The molecule has 2 nitrogen and oxygen atoms in total. The second-order valence-corrected chi connectivity index (χ2v) is 2.96. The van der Waals surface area contributed by atoms with E-state index in [1.807, 2.05) is 0 Å². The van der Waals surface area contributed by atoms with Gasteiger partial charge in [-0.05, 0) is 24.3 Å². The van der Waals surface area contributed by atoms with E-state index in [4.69, 9.17) is 5.73 Å². The van der Waals surface area contributed by atoms with Gasteiger partial charge >= 0.3 is 0 Å². The van der Waals surface area contributed by atoms with E-state index in [0.29, 0.717) is 11.1 Å². The lowest BCUT2D eigenvalue weighted by molar-refractivity contribution is 0.436. The van der Waals surface area contributed by atoms with E-state index >= 15 is 0 Å². The molecule has 0 aliphatic heterocycles. The van der Waals surface area contributed by atoms with Crippen LogP contribution in [0.1, 0.15) is 0 Å². The van der Waals surface area contributed by atoms with Crippen LogP contribution in [0, 0.1) is 11.6 Å². The van der Waals surface area contributed by atoms with Crippen LogP contribution in [-0.2, 0) is 0 Å². The Morgan fingerprint density at radius 2 is 1.64 bits per heavy atom. The van der Waals surface area contributed by atoms with Gasteiger partial charge in [-0.3, -0.25) is 0 Å². The zero-order valence-electron chi connectivity index (χ0n) is 7.09. The van der Waals surface area contributed by atoms with Crippen molar-refractivity contribution in [3.63, 3.8) is 0 Å². The largest absolute Gasteiger partial charge is 0.504 e. The van der Waals surface area contributed by atoms with Crippen LogP contribution in [0.5, 0.6) is 5.75 Å². The molecule has 0 heterocycles. The molecule has 2 aromatic carbocycles. The molecule has 2 rings (SSSR count). The lowest BCUT2D eigenvalue weighted by Crippen LogP contribution is -1.90. The molecule has 3 N–H and O–H groups in total. The van der Waals surface area contributed by atoms with Crippen molar-refractivity contribution in [1.82, 2.24) is 0 Å². The van der Waals surface area contributed by atoms with Gasteiger partial charge in [-0.25, -0.2) is 8.78 Å². The summed E-state index contributed by atoms with van der Waals surface area (Å²) < 4.78 is 26.1. The number of rotatable bonds is 0. The molecule has 0 unspecified atom stereocenters. The first-order valence-corrected chi connectivity index (χ1v) is 3.96. The Balaban J connectivity index is 3.01. The second kappa shape index (κ2) is 2.83. The van der Waals surface area contributed by atoms with E-state index in [1.165, 1.54) is 12.1 Å². The quantitative estimate of drug-likeness (QED) is 0.634. The Morgan fingerprint density at radius 3 is 2.36 bits per heavy atom. The molecular formula is C10H7F2NO. The first-order chi connectivity index (χ1) is 6.61. The molecule has 0 atom stereocenters. The van der Waals surface area contributed by atoms with Crippen LogP contribution < -0.4 is 5.73 Å². The van der Waals surface area contributed by atoms with Crippen LogP contribution >= 0.6 is 0 Å². The maximum atomic E-state index is 13.2. The highest BCUT2D eigenvalue weighted by Gasteiger charge is 2.11. The van der Waals surface area contributed by atoms with E-state index in [0.717, 1.165) is 12.1 Å². The minimum atomic E-state index is -0.859. The average molecular weight is 195 g/mol. The zero-order valence-corrected chi connectivity index (χ0v) is 7.09. The summed E-state index contributed by atoms with van der Waals surface area (Å²) in [4.78, 5) is 0. The smallest absolute Gasteiger partial charge is 0.165 e. The molecule has 14 heavy (non-hydrogen) atoms. The van der Waals surface area contributed by atoms with Crippen molar-refractivity contribution in [1.29, 1.82) is 0 Å². The maximum Gasteiger partial charge on any atom is 0.165 e. The summed E-state index contributed by atoms with van der Waals surface area (Å²) in [5.41, 5.74) is 5.85. The molecule has 0 aromatic heterocycles. The molecule has 0 bridgehead atoms. The molecule has 0 aliphatic carbocycles. The van der Waals surface area contributed by atoms with Crippen molar-refractivity contribution in [2.75, 3.05) is 5.73 Å². The van der Waals surface area contributed by atoms with Crippen LogP contribution in [0.2, 0.25) is 0 Å². The number of anilines is 1. The first-order valence-electron chi connectivity index (χ1n) is 3.96. The van der Waals surface area contributed by atoms with E-state index in [2.05, 4.69) is 0 Å². The van der Waals surface area contributed by atoms with Crippen LogP contribution in [-0.4, -0.2) is 5.11 Å². The van der Waals surface area contributed by atoms with Crippen LogP contribution in [0.3, 0.4) is 0 Å². The number of fused-ring (bicyclic) bond motifs is 1. The summed E-state index contributed by atoms with van der Waals surface area (Å²) >= 11 is 0. The highest BCUT2D eigenvalue weighted by Crippen LogP contribution is 2.32. The normalized spacial score (nSPS) is 10.7. The molecule has 0 radical (unpaired) electrons. The SMILES string of the molecule is Nc1ccc(F)c2c(O)c(F)ccc12. The molecule has 72 valence electrons. The summed E-state index contributed by atoms with van der Waals surface area (Å²) in [7, 11) is 0. The Labute approximate surface area is 78.6 Å². The topological polar surface area (TPSA) is 46.2 Å². The van der Waals surface area contributed by atoms with Gasteiger partial charge in [0.05, 0.1) is 5.39 Å². The lowest BCUT2D eigenvalue weighted by atomic mass is 10.1. The molecule has 0 spiro atoms. The minimum Gasteiger partial charge on any atom is -0.504 e. The predicted molar refractivity (Wildman–Crippen MR) is 49.9 cm³/mol. The number of hydrogen-bond acceptors (Lipinski definition) is 2. The highest BCUT2D eigenvalue weighted by atomic mass is 19.1. The Hall–Kier alpha value is -1.84. The Bertz CT molecular complexity index is 511. The molecule has 2 aromatic rings. The molecule has 0 aliphatic rings. The van der Waals surface area contributed by atoms with Crippen molar-refractivity contribution in [2.24, 2.45) is 0 Å². The third-order valence-electron chi connectivity index (χ3n) is 2.09. The summed E-state index contributed by atoms with van der Waals surface area (Å²) in [6, 6.07) is 4.85. The molecule has 0 fully saturated rings. The van der Waals surface area contributed by atoms with Gasteiger partial charge in [-0.1, -0.05) is 0 Å². The fraction of sp³-hybridized carbons (Fsp3) is 0. The van der Waals surface area contributed by atoms with Crippen LogP contribution in [0.25, 0.3) is 10.8 Å². The molecule has 0 amide bonds. The Morgan fingerprint density at radius 1 is 1.00 bits per heavy atom. The molecule has 0 saturated carbocycles. The standard InChI is InChI=1S/C10H7F2NO/c11-6-3-4-8(13)5-1-2-7(12)10(14)9(5)6/h1-4,14H,13H2. The number of benzene rings is 2. The van der Waals surface area contributed by atoms with Crippen molar-refractivity contribution in [3.8, 4) is 5.75 Å². The number of phenolic OH excluding ortho intramolecular Hbond substituents is 1. The number of hydrogen-bond donors (Lipinski definition) is 2. The molecule has 0 saturated heterocycles. The van der Waals surface area contributed by atoms with Crippen molar-refractivity contribution in [3.05, 3.63) is 35.9 Å². The zero-order chi connectivity index (χ0) is 10.3. The van der Waals surface area contributed by atoms with Crippen molar-refractivity contribution in [2.45, 2.75) is 0 Å². The average Bonchev–Trinajstić information content (AvgIpc) is 2.16. The van der Waals surface area contributed by atoms with Gasteiger partial charge in [-0.2, -0.15) is 0 Å². The van der Waals surface area contributed by atoms with Crippen LogP contribution in [0.15, 0.2) is 24.3 Å². The van der Waals surface area contributed by atoms with Gasteiger partial charge in [0.2, 0.25) is 0 Å². The van der Waals surface area contributed by atoms with Gasteiger partial charge in [0.15, 0.2) is 11.6 Å². The van der Waals surface area contributed by atoms with Crippen molar-refractivity contribution < 1.29 is 13.9 Å². The number of nitrogen functional groups attached to an aromatic ring is 1. The van der Waals surface area contributed by atoms with Gasteiger partial charge in [-0.15, -0.1) is 0 Å². The number of aromatic hydroxyl groups is 1. The Kier molecular flexibility index (Phi) is 1.77. The highest BCUT2D eigenvalue weighted by molar-refractivity contribution is 5.97. The summed E-state index contributed by atoms with van der Waals surface area (Å²) in [5, 5.41) is 9.43. The van der Waals surface area contributed by atoms with Gasteiger partial charge in [0.25, 0.3) is 0 Å². The van der Waals surface area contributed by atoms with Crippen LogP contribution in [0.4, 0.5) is 14.5 Å². The van der Waals surface area contributed by atoms with Crippen molar-refractivity contribution >= 4 is 16.5 Å². The van der Waals surface area contributed by atoms with Gasteiger partial charge < -0.3 is 10.8 Å². The third kappa shape index (κ3) is 1.08.